The molecule has 0 radical (unpaired) electrons. The average molecular weight is 319 g/mol. The third kappa shape index (κ3) is 3.76. The summed E-state index contributed by atoms with van der Waals surface area (Å²) < 4.78 is 0. The molecule has 1 unspecified atom stereocenters. The molecule has 3 rings (SSSR count). The molecule has 1 saturated carbocycles. The van der Waals surface area contributed by atoms with E-state index in [4.69, 9.17) is 0 Å². The van der Waals surface area contributed by atoms with Gasteiger partial charge in [-0.2, -0.15) is 11.8 Å². The molecule has 1 heterocycles. The predicted molar refractivity (Wildman–Crippen MR) is 93.6 cm³/mol. The lowest BCUT2D eigenvalue weighted by Gasteiger charge is -2.34. The molecule has 0 spiro atoms. The zero-order chi connectivity index (χ0) is 15.5. The first-order valence-corrected chi connectivity index (χ1v) is 9.39. The molecule has 2 aliphatic rings. The van der Waals surface area contributed by atoms with E-state index in [0.717, 1.165) is 37.9 Å². The van der Waals surface area contributed by atoms with Gasteiger partial charge in [0.1, 0.15) is 0 Å². The number of rotatable bonds is 4. The lowest BCUT2D eigenvalue weighted by atomic mass is 10.1. The number of hydrogen-bond donors (Lipinski definition) is 1. The second-order valence-corrected chi connectivity index (χ2v) is 7.37. The summed E-state index contributed by atoms with van der Waals surface area (Å²) in [6, 6.07) is 9.02. The van der Waals surface area contributed by atoms with E-state index in [0.29, 0.717) is 5.25 Å². The number of amides is 2. The maximum absolute atomic E-state index is 12.4. The van der Waals surface area contributed by atoms with Gasteiger partial charge in [0, 0.05) is 43.2 Å². The molecule has 120 valence electrons. The van der Waals surface area contributed by atoms with Gasteiger partial charge in [0.05, 0.1) is 0 Å². The van der Waals surface area contributed by atoms with Gasteiger partial charge < -0.3 is 10.2 Å². The Morgan fingerprint density at radius 2 is 2.00 bits per heavy atom. The van der Waals surface area contributed by atoms with Crippen molar-refractivity contribution in [2.45, 2.75) is 31.1 Å². The molecule has 1 N–H and O–H groups in total. The van der Waals surface area contributed by atoms with E-state index >= 15 is 0 Å². The van der Waals surface area contributed by atoms with Crippen molar-refractivity contribution >= 4 is 23.5 Å². The number of thioether (sulfide) groups is 1. The van der Waals surface area contributed by atoms with Gasteiger partial charge >= 0.3 is 6.03 Å². The van der Waals surface area contributed by atoms with Crippen LogP contribution in [0.1, 0.15) is 30.6 Å². The standard InChI is InChI=1S/C17H25N3OS/c1-13(22-2)14-4-3-5-15(12-14)18-17(21)20-10-8-19(9-11-20)16-6-7-16/h3-5,12-13,16H,6-11H2,1-2H3,(H,18,21). The van der Waals surface area contributed by atoms with Crippen LogP contribution in [-0.4, -0.2) is 54.3 Å². The first-order valence-electron chi connectivity index (χ1n) is 8.10. The van der Waals surface area contributed by atoms with Crippen molar-refractivity contribution in [3.8, 4) is 0 Å². The van der Waals surface area contributed by atoms with E-state index in [9.17, 15) is 4.79 Å². The summed E-state index contributed by atoms with van der Waals surface area (Å²) in [6.45, 7) is 5.89. The van der Waals surface area contributed by atoms with Crippen LogP contribution in [0.25, 0.3) is 0 Å². The molecule has 0 bridgehead atoms. The summed E-state index contributed by atoms with van der Waals surface area (Å²) in [5, 5.41) is 3.49. The topological polar surface area (TPSA) is 35.6 Å². The van der Waals surface area contributed by atoms with E-state index in [1.54, 1.807) is 0 Å². The molecule has 4 nitrogen and oxygen atoms in total. The Labute approximate surface area is 137 Å². The molecule has 1 aromatic rings. The number of urea groups is 1. The second-order valence-electron chi connectivity index (χ2n) is 6.19. The molecule has 22 heavy (non-hydrogen) atoms. The van der Waals surface area contributed by atoms with Crippen LogP contribution in [-0.2, 0) is 0 Å². The summed E-state index contributed by atoms with van der Waals surface area (Å²) in [5.74, 6) is 0. The summed E-state index contributed by atoms with van der Waals surface area (Å²) in [7, 11) is 0. The smallest absolute Gasteiger partial charge is 0.321 e. The van der Waals surface area contributed by atoms with Crippen LogP contribution in [0.5, 0.6) is 0 Å². The summed E-state index contributed by atoms with van der Waals surface area (Å²) in [5.41, 5.74) is 2.15. The summed E-state index contributed by atoms with van der Waals surface area (Å²) >= 11 is 1.81. The van der Waals surface area contributed by atoms with Crippen LogP contribution in [0.3, 0.4) is 0 Å². The molecule has 1 atom stereocenters. The van der Waals surface area contributed by atoms with E-state index in [2.05, 4.69) is 35.5 Å². The number of carbonyl (C=O) groups is 1. The Balaban J connectivity index is 1.55. The third-order valence-electron chi connectivity index (χ3n) is 4.63. The molecule has 1 aliphatic carbocycles. The summed E-state index contributed by atoms with van der Waals surface area (Å²) in [4.78, 5) is 16.9. The Morgan fingerprint density at radius 3 is 2.64 bits per heavy atom. The number of benzene rings is 1. The normalized spacial score (nSPS) is 20.7. The number of nitrogens with zero attached hydrogens (tertiary/aromatic N) is 2. The van der Waals surface area contributed by atoms with Crippen molar-refractivity contribution in [1.82, 2.24) is 9.80 Å². The lowest BCUT2D eigenvalue weighted by molar-refractivity contribution is 0.142. The number of anilines is 1. The SMILES string of the molecule is CSC(C)c1cccc(NC(=O)N2CCN(C3CC3)CC2)c1. The highest BCUT2D eigenvalue weighted by atomic mass is 32.2. The van der Waals surface area contributed by atoms with Crippen molar-refractivity contribution in [1.29, 1.82) is 0 Å². The first-order chi connectivity index (χ1) is 10.7. The lowest BCUT2D eigenvalue weighted by Crippen LogP contribution is -2.50. The van der Waals surface area contributed by atoms with Gasteiger partial charge in [-0.15, -0.1) is 0 Å². The van der Waals surface area contributed by atoms with Crippen molar-refractivity contribution in [2.75, 3.05) is 37.8 Å². The third-order valence-corrected chi connectivity index (χ3v) is 5.60. The van der Waals surface area contributed by atoms with E-state index in [-0.39, 0.29) is 6.03 Å². The minimum Gasteiger partial charge on any atom is -0.322 e. The second kappa shape index (κ2) is 6.92. The fraction of sp³-hybridized carbons (Fsp3) is 0.588. The van der Waals surface area contributed by atoms with Gasteiger partial charge in [0.25, 0.3) is 0 Å². The Hall–Kier alpha value is -1.20. The molecule has 5 heteroatoms. The fourth-order valence-electron chi connectivity index (χ4n) is 2.94. The fourth-order valence-corrected chi connectivity index (χ4v) is 3.36. The van der Waals surface area contributed by atoms with Crippen LogP contribution in [0.2, 0.25) is 0 Å². The van der Waals surface area contributed by atoms with Gasteiger partial charge in [-0.05, 0) is 43.7 Å². The minimum absolute atomic E-state index is 0.0319. The first kappa shape index (κ1) is 15.7. The van der Waals surface area contributed by atoms with Crippen molar-refractivity contribution in [3.63, 3.8) is 0 Å². The van der Waals surface area contributed by atoms with Crippen molar-refractivity contribution in [3.05, 3.63) is 29.8 Å². The largest absolute Gasteiger partial charge is 0.322 e. The van der Waals surface area contributed by atoms with Crippen LogP contribution in [0.4, 0.5) is 10.5 Å². The van der Waals surface area contributed by atoms with Crippen molar-refractivity contribution in [2.24, 2.45) is 0 Å². The molecule has 1 saturated heterocycles. The predicted octanol–water partition coefficient (Wildman–Crippen LogP) is 3.42. The molecule has 1 aliphatic heterocycles. The molecule has 1 aromatic carbocycles. The molecular weight excluding hydrogens is 294 g/mol. The minimum atomic E-state index is 0.0319. The van der Waals surface area contributed by atoms with Gasteiger partial charge in [0.2, 0.25) is 0 Å². The highest BCUT2D eigenvalue weighted by Crippen LogP contribution is 2.28. The molecule has 2 fully saturated rings. The van der Waals surface area contributed by atoms with Crippen LogP contribution >= 0.6 is 11.8 Å². The van der Waals surface area contributed by atoms with Crippen molar-refractivity contribution < 1.29 is 4.79 Å². The highest BCUT2D eigenvalue weighted by molar-refractivity contribution is 7.98. The highest BCUT2D eigenvalue weighted by Gasteiger charge is 2.32. The number of carbonyl (C=O) groups excluding carboxylic acids is 1. The van der Waals surface area contributed by atoms with E-state index in [1.165, 1.54) is 18.4 Å². The Kier molecular flexibility index (Phi) is 4.93. The van der Waals surface area contributed by atoms with Gasteiger partial charge in [-0.3, -0.25) is 4.90 Å². The van der Waals surface area contributed by atoms with Crippen LogP contribution in [0.15, 0.2) is 24.3 Å². The van der Waals surface area contributed by atoms with E-state index in [1.807, 2.05) is 28.8 Å². The van der Waals surface area contributed by atoms with Gasteiger partial charge in [-0.1, -0.05) is 12.1 Å². The number of nitrogens with one attached hydrogen (secondary N) is 1. The van der Waals surface area contributed by atoms with Gasteiger partial charge in [-0.25, -0.2) is 4.79 Å². The number of hydrogen-bond acceptors (Lipinski definition) is 3. The zero-order valence-electron chi connectivity index (χ0n) is 13.4. The van der Waals surface area contributed by atoms with Crippen LogP contribution in [0, 0.1) is 0 Å². The molecule has 0 aromatic heterocycles. The number of piperazine rings is 1. The molecule has 2 amide bonds. The maximum atomic E-state index is 12.4. The maximum Gasteiger partial charge on any atom is 0.321 e. The van der Waals surface area contributed by atoms with Gasteiger partial charge in [0.15, 0.2) is 0 Å². The monoisotopic (exact) mass is 319 g/mol. The average Bonchev–Trinajstić information content (AvgIpc) is 3.39. The Morgan fingerprint density at radius 1 is 1.27 bits per heavy atom. The quantitative estimate of drug-likeness (QED) is 0.923. The van der Waals surface area contributed by atoms with Crippen LogP contribution < -0.4 is 5.32 Å². The Bertz CT molecular complexity index is 524. The molecular formula is C17H25N3OS. The summed E-state index contributed by atoms with van der Waals surface area (Å²) in [6.07, 6.45) is 4.79. The zero-order valence-corrected chi connectivity index (χ0v) is 14.2. The van der Waals surface area contributed by atoms with E-state index < -0.39 is 0 Å².